The number of hydrogen-bond donors (Lipinski definition) is 1. The van der Waals surface area contributed by atoms with Crippen LogP contribution >= 0.6 is 0 Å². The Morgan fingerprint density at radius 2 is 2.06 bits per heavy atom. The predicted molar refractivity (Wildman–Crippen MR) is 73.3 cm³/mol. The number of ketones is 1. The Labute approximate surface area is 109 Å². The van der Waals surface area contributed by atoms with Gasteiger partial charge in [-0.2, -0.15) is 0 Å². The molecule has 0 aromatic heterocycles. The van der Waals surface area contributed by atoms with Gasteiger partial charge >= 0.3 is 0 Å². The molecule has 1 N–H and O–H groups in total. The third kappa shape index (κ3) is 4.13. The molecule has 1 atom stereocenters. The number of Topliss-reactive ketones (excluding diaryl/α,β-unsaturated/α-hetero) is 1. The quantitative estimate of drug-likeness (QED) is 0.743. The number of para-hydroxylation sites is 1. The van der Waals surface area contributed by atoms with Crippen LogP contribution < -0.4 is 10.1 Å². The summed E-state index contributed by atoms with van der Waals surface area (Å²) in [4.78, 5) is 14.3. The zero-order valence-corrected chi connectivity index (χ0v) is 11.6. The van der Waals surface area contributed by atoms with Gasteiger partial charge < -0.3 is 15.0 Å². The third-order valence-electron chi connectivity index (χ3n) is 2.78. The molecule has 1 aromatic rings. The highest BCUT2D eigenvalue weighted by molar-refractivity contribution is 6.02. The topological polar surface area (TPSA) is 41.6 Å². The Kier molecular flexibility index (Phi) is 5.82. The number of ether oxygens (including phenoxy) is 1. The first-order chi connectivity index (χ1) is 8.56. The zero-order valence-electron chi connectivity index (χ0n) is 11.6. The second kappa shape index (κ2) is 7.13. The maximum atomic E-state index is 12.2. The number of methoxy groups -OCH3 is 1. The smallest absolute Gasteiger partial charge is 0.183 e. The minimum absolute atomic E-state index is 0.0613. The molecule has 0 aliphatic heterocycles. The van der Waals surface area contributed by atoms with Crippen LogP contribution in [0.15, 0.2) is 24.3 Å². The van der Waals surface area contributed by atoms with Crippen molar-refractivity contribution in [3.8, 4) is 5.75 Å². The molecule has 0 spiro atoms. The molecule has 4 heteroatoms. The van der Waals surface area contributed by atoms with Crippen molar-refractivity contribution in [3.63, 3.8) is 0 Å². The summed E-state index contributed by atoms with van der Waals surface area (Å²) in [7, 11) is 5.60. The van der Waals surface area contributed by atoms with Crippen molar-refractivity contribution >= 4 is 5.78 Å². The van der Waals surface area contributed by atoms with Crippen molar-refractivity contribution in [2.24, 2.45) is 0 Å². The lowest BCUT2D eigenvalue weighted by molar-refractivity contribution is 0.0947. The van der Waals surface area contributed by atoms with E-state index in [1.165, 1.54) is 0 Å². The Bertz CT molecular complexity index is 391. The molecule has 0 aliphatic rings. The van der Waals surface area contributed by atoms with Gasteiger partial charge in [0.1, 0.15) is 5.75 Å². The maximum absolute atomic E-state index is 12.2. The van der Waals surface area contributed by atoms with Crippen LogP contribution in [0.4, 0.5) is 0 Å². The first-order valence-electron chi connectivity index (χ1n) is 6.11. The molecule has 100 valence electrons. The molecule has 0 aliphatic carbocycles. The van der Waals surface area contributed by atoms with Crippen LogP contribution in [0.5, 0.6) is 5.75 Å². The number of carbonyl (C=O) groups is 1. The summed E-state index contributed by atoms with van der Waals surface area (Å²) in [6, 6.07) is 7.11. The molecule has 0 amide bonds. The van der Waals surface area contributed by atoms with E-state index in [1.54, 1.807) is 19.2 Å². The van der Waals surface area contributed by atoms with E-state index in [1.807, 2.05) is 33.2 Å². The molecule has 0 radical (unpaired) electrons. The van der Waals surface area contributed by atoms with Crippen LogP contribution in [0.3, 0.4) is 0 Å². The number of carbonyl (C=O) groups excluding carboxylic acids is 1. The molecule has 18 heavy (non-hydrogen) atoms. The van der Waals surface area contributed by atoms with Crippen LogP contribution in [0, 0.1) is 0 Å². The van der Waals surface area contributed by atoms with E-state index in [9.17, 15) is 4.79 Å². The van der Waals surface area contributed by atoms with Crippen LogP contribution in [0.25, 0.3) is 0 Å². The minimum Gasteiger partial charge on any atom is -0.496 e. The van der Waals surface area contributed by atoms with E-state index >= 15 is 0 Å². The van der Waals surface area contributed by atoms with E-state index in [4.69, 9.17) is 4.74 Å². The van der Waals surface area contributed by atoms with Gasteiger partial charge in [-0.1, -0.05) is 12.1 Å². The van der Waals surface area contributed by atoms with E-state index < -0.39 is 0 Å². The standard InChI is InChI=1S/C14H22N2O2/c1-11(15-9-10-16(2)3)14(17)12-7-5-6-8-13(12)18-4/h5-8,11,15H,9-10H2,1-4H3. The molecule has 4 nitrogen and oxygen atoms in total. The Balaban J connectivity index is 2.62. The van der Waals surface area contributed by atoms with E-state index in [2.05, 4.69) is 10.2 Å². The lowest BCUT2D eigenvalue weighted by Gasteiger charge is -2.16. The van der Waals surface area contributed by atoms with Crippen LogP contribution in [-0.4, -0.2) is 51.0 Å². The first-order valence-corrected chi connectivity index (χ1v) is 6.11. The molecule has 0 heterocycles. The van der Waals surface area contributed by atoms with Crippen molar-refractivity contribution < 1.29 is 9.53 Å². The van der Waals surface area contributed by atoms with Gasteiger partial charge in [-0.3, -0.25) is 4.79 Å². The monoisotopic (exact) mass is 250 g/mol. The van der Waals surface area contributed by atoms with Crippen molar-refractivity contribution in [2.75, 3.05) is 34.3 Å². The van der Waals surface area contributed by atoms with Gasteiger partial charge in [0.15, 0.2) is 5.78 Å². The maximum Gasteiger partial charge on any atom is 0.183 e. The highest BCUT2D eigenvalue weighted by atomic mass is 16.5. The molecule has 1 unspecified atom stereocenters. The average molecular weight is 250 g/mol. The second-order valence-electron chi connectivity index (χ2n) is 4.54. The number of benzene rings is 1. The van der Waals surface area contributed by atoms with Crippen molar-refractivity contribution in [2.45, 2.75) is 13.0 Å². The van der Waals surface area contributed by atoms with Gasteiger partial charge in [-0.05, 0) is 33.2 Å². The number of nitrogens with zero attached hydrogens (tertiary/aromatic N) is 1. The van der Waals surface area contributed by atoms with Gasteiger partial charge in [0.25, 0.3) is 0 Å². The fourth-order valence-corrected chi connectivity index (χ4v) is 1.68. The summed E-state index contributed by atoms with van der Waals surface area (Å²) in [5, 5.41) is 3.22. The van der Waals surface area contributed by atoms with E-state index in [0.29, 0.717) is 11.3 Å². The highest BCUT2D eigenvalue weighted by Crippen LogP contribution is 2.18. The molecular weight excluding hydrogens is 228 g/mol. The summed E-state index contributed by atoms with van der Waals surface area (Å²) in [5.74, 6) is 0.690. The molecule has 0 bridgehead atoms. The summed E-state index contributed by atoms with van der Waals surface area (Å²) < 4.78 is 5.20. The van der Waals surface area contributed by atoms with Gasteiger partial charge in [0.05, 0.1) is 18.7 Å². The Hall–Kier alpha value is -1.39. The van der Waals surface area contributed by atoms with Crippen molar-refractivity contribution in [1.29, 1.82) is 0 Å². The largest absolute Gasteiger partial charge is 0.496 e. The van der Waals surface area contributed by atoms with Crippen molar-refractivity contribution in [3.05, 3.63) is 29.8 Å². The Morgan fingerprint density at radius 3 is 2.67 bits per heavy atom. The van der Waals surface area contributed by atoms with Crippen LogP contribution in [0.2, 0.25) is 0 Å². The highest BCUT2D eigenvalue weighted by Gasteiger charge is 2.17. The fraction of sp³-hybridized carbons (Fsp3) is 0.500. The predicted octanol–water partition coefficient (Wildman–Crippen LogP) is 1.42. The normalized spacial score (nSPS) is 12.5. The van der Waals surface area contributed by atoms with Gasteiger partial charge in [0, 0.05) is 13.1 Å². The Morgan fingerprint density at radius 1 is 1.39 bits per heavy atom. The van der Waals surface area contributed by atoms with Crippen molar-refractivity contribution in [1.82, 2.24) is 10.2 Å². The second-order valence-corrected chi connectivity index (χ2v) is 4.54. The molecule has 0 saturated carbocycles. The molecule has 1 rings (SSSR count). The van der Waals surface area contributed by atoms with E-state index in [-0.39, 0.29) is 11.8 Å². The number of hydrogen-bond acceptors (Lipinski definition) is 4. The molecule has 0 saturated heterocycles. The zero-order chi connectivity index (χ0) is 13.5. The van der Waals surface area contributed by atoms with Gasteiger partial charge in [-0.25, -0.2) is 0 Å². The fourth-order valence-electron chi connectivity index (χ4n) is 1.68. The third-order valence-corrected chi connectivity index (χ3v) is 2.78. The molecular formula is C14H22N2O2. The van der Waals surface area contributed by atoms with E-state index in [0.717, 1.165) is 13.1 Å². The lowest BCUT2D eigenvalue weighted by atomic mass is 10.0. The number of rotatable bonds is 7. The summed E-state index contributed by atoms with van der Waals surface area (Å²) >= 11 is 0. The van der Waals surface area contributed by atoms with Gasteiger partial charge in [0.2, 0.25) is 0 Å². The number of nitrogens with one attached hydrogen (secondary N) is 1. The molecule has 1 aromatic carbocycles. The van der Waals surface area contributed by atoms with Gasteiger partial charge in [-0.15, -0.1) is 0 Å². The number of likely N-dealkylation sites (N-methyl/N-ethyl adjacent to an activating group) is 1. The first kappa shape index (κ1) is 14.7. The van der Waals surface area contributed by atoms with Crippen LogP contribution in [-0.2, 0) is 0 Å². The SMILES string of the molecule is COc1ccccc1C(=O)C(C)NCCN(C)C. The average Bonchev–Trinajstić information content (AvgIpc) is 2.37. The molecule has 0 fully saturated rings. The summed E-state index contributed by atoms with van der Waals surface area (Å²) in [6.07, 6.45) is 0. The van der Waals surface area contributed by atoms with Crippen LogP contribution in [0.1, 0.15) is 17.3 Å². The minimum atomic E-state index is -0.207. The lowest BCUT2D eigenvalue weighted by Crippen LogP contribution is -2.38. The summed E-state index contributed by atoms with van der Waals surface area (Å²) in [5.41, 5.74) is 0.629. The summed E-state index contributed by atoms with van der Waals surface area (Å²) in [6.45, 7) is 3.57.